The van der Waals surface area contributed by atoms with Crippen LogP contribution in [0.15, 0.2) is 0 Å². The normalized spacial score (nSPS) is 31.9. The summed E-state index contributed by atoms with van der Waals surface area (Å²) in [5, 5.41) is 6.63. The van der Waals surface area contributed by atoms with Crippen LogP contribution in [0.5, 0.6) is 0 Å². The van der Waals surface area contributed by atoms with Crippen molar-refractivity contribution in [3.8, 4) is 0 Å². The Morgan fingerprint density at radius 2 is 1.90 bits per heavy atom. The molecule has 1 amide bonds. The number of carbonyl (C=O) groups is 1. The first-order valence-corrected chi connectivity index (χ1v) is 8.54. The molecule has 1 saturated carbocycles. The van der Waals surface area contributed by atoms with Gasteiger partial charge in [0.25, 0.3) is 0 Å². The van der Waals surface area contributed by atoms with Crippen LogP contribution in [0.25, 0.3) is 0 Å². The summed E-state index contributed by atoms with van der Waals surface area (Å²) < 4.78 is 0. The number of carbonyl (C=O) groups excluding carboxylic acids is 1. The van der Waals surface area contributed by atoms with Crippen molar-refractivity contribution in [2.75, 3.05) is 13.1 Å². The standard InChI is InChI=1S/C17H32N2O/c1-4-17(2,3)14-7-9-15(10-8-14)19-16(20)13-6-5-11-18-12-13/h13-15,18H,4-12H2,1-3H3,(H,19,20)/t13-,14?,15?/m0/s1. The van der Waals surface area contributed by atoms with E-state index in [1.807, 2.05) is 0 Å². The zero-order valence-electron chi connectivity index (χ0n) is 13.5. The van der Waals surface area contributed by atoms with E-state index in [9.17, 15) is 4.79 Å². The van der Waals surface area contributed by atoms with Gasteiger partial charge in [0.2, 0.25) is 5.91 Å². The predicted molar refractivity (Wildman–Crippen MR) is 83.6 cm³/mol. The van der Waals surface area contributed by atoms with Crippen molar-refractivity contribution in [3.63, 3.8) is 0 Å². The quantitative estimate of drug-likeness (QED) is 0.831. The Morgan fingerprint density at radius 3 is 2.45 bits per heavy atom. The molecule has 1 aliphatic carbocycles. The van der Waals surface area contributed by atoms with Crippen LogP contribution in [0.2, 0.25) is 0 Å². The van der Waals surface area contributed by atoms with Crippen LogP contribution >= 0.6 is 0 Å². The lowest BCUT2D eigenvalue weighted by Gasteiger charge is -2.39. The van der Waals surface area contributed by atoms with Crippen LogP contribution < -0.4 is 10.6 Å². The Labute approximate surface area is 124 Å². The Bertz CT molecular complexity index is 313. The maximum absolute atomic E-state index is 12.2. The van der Waals surface area contributed by atoms with E-state index < -0.39 is 0 Å². The molecule has 1 heterocycles. The van der Waals surface area contributed by atoms with E-state index in [1.165, 1.54) is 32.1 Å². The number of nitrogens with one attached hydrogen (secondary N) is 2. The molecule has 1 atom stereocenters. The number of rotatable bonds is 4. The molecule has 2 N–H and O–H groups in total. The maximum atomic E-state index is 12.2. The van der Waals surface area contributed by atoms with Gasteiger partial charge in [-0.25, -0.2) is 0 Å². The highest BCUT2D eigenvalue weighted by molar-refractivity contribution is 5.79. The number of amides is 1. The first-order valence-electron chi connectivity index (χ1n) is 8.54. The van der Waals surface area contributed by atoms with Crippen molar-refractivity contribution < 1.29 is 4.79 Å². The minimum Gasteiger partial charge on any atom is -0.353 e. The zero-order chi connectivity index (χ0) is 14.6. The first-order chi connectivity index (χ1) is 9.53. The van der Waals surface area contributed by atoms with Crippen LogP contribution in [-0.2, 0) is 4.79 Å². The molecule has 20 heavy (non-hydrogen) atoms. The van der Waals surface area contributed by atoms with Crippen LogP contribution in [0.3, 0.4) is 0 Å². The van der Waals surface area contributed by atoms with E-state index in [2.05, 4.69) is 31.4 Å². The molecule has 1 saturated heterocycles. The number of piperidine rings is 1. The molecule has 3 heteroatoms. The lowest BCUT2D eigenvalue weighted by Crippen LogP contribution is -2.46. The van der Waals surface area contributed by atoms with Crippen LogP contribution in [0.1, 0.15) is 65.7 Å². The average Bonchev–Trinajstić information content (AvgIpc) is 2.48. The van der Waals surface area contributed by atoms with Gasteiger partial charge in [-0.15, -0.1) is 0 Å². The van der Waals surface area contributed by atoms with E-state index in [0.29, 0.717) is 11.5 Å². The van der Waals surface area contributed by atoms with Gasteiger partial charge < -0.3 is 10.6 Å². The van der Waals surface area contributed by atoms with Gasteiger partial charge in [0.05, 0.1) is 5.92 Å². The Morgan fingerprint density at radius 1 is 1.20 bits per heavy atom. The maximum Gasteiger partial charge on any atom is 0.224 e. The lowest BCUT2D eigenvalue weighted by atomic mass is 9.69. The molecule has 2 rings (SSSR count). The van der Waals surface area contributed by atoms with Gasteiger partial charge >= 0.3 is 0 Å². The molecule has 0 spiro atoms. The molecule has 0 aromatic carbocycles. The van der Waals surface area contributed by atoms with Crippen molar-refractivity contribution in [1.82, 2.24) is 10.6 Å². The summed E-state index contributed by atoms with van der Waals surface area (Å²) in [6.45, 7) is 9.02. The Kier molecular flexibility index (Phi) is 5.48. The molecule has 3 nitrogen and oxygen atoms in total. The second kappa shape index (κ2) is 6.93. The van der Waals surface area contributed by atoms with Crippen molar-refractivity contribution in [2.24, 2.45) is 17.3 Å². The summed E-state index contributed by atoms with van der Waals surface area (Å²) in [6, 6.07) is 0.424. The van der Waals surface area contributed by atoms with Crippen molar-refractivity contribution in [1.29, 1.82) is 0 Å². The summed E-state index contributed by atoms with van der Waals surface area (Å²) in [6.07, 6.45) is 8.32. The molecule has 0 aromatic rings. The zero-order valence-corrected chi connectivity index (χ0v) is 13.5. The first kappa shape index (κ1) is 15.8. The van der Waals surface area contributed by atoms with E-state index in [1.54, 1.807) is 0 Å². The Hall–Kier alpha value is -0.570. The van der Waals surface area contributed by atoms with Crippen molar-refractivity contribution in [3.05, 3.63) is 0 Å². The van der Waals surface area contributed by atoms with E-state index in [-0.39, 0.29) is 11.8 Å². The van der Waals surface area contributed by atoms with E-state index in [0.717, 1.165) is 31.8 Å². The third kappa shape index (κ3) is 3.97. The molecule has 2 aliphatic rings. The largest absolute Gasteiger partial charge is 0.353 e. The van der Waals surface area contributed by atoms with E-state index >= 15 is 0 Å². The average molecular weight is 280 g/mol. The van der Waals surface area contributed by atoms with Crippen molar-refractivity contribution in [2.45, 2.75) is 71.8 Å². The lowest BCUT2D eigenvalue weighted by molar-refractivity contribution is -0.126. The predicted octanol–water partition coefficient (Wildman–Crippen LogP) is 3.10. The van der Waals surface area contributed by atoms with E-state index in [4.69, 9.17) is 0 Å². The molecule has 0 aromatic heterocycles. The smallest absolute Gasteiger partial charge is 0.224 e. The minimum atomic E-state index is 0.202. The van der Waals surface area contributed by atoms with Gasteiger partial charge in [-0.3, -0.25) is 4.79 Å². The fourth-order valence-corrected chi connectivity index (χ4v) is 3.70. The highest BCUT2D eigenvalue weighted by atomic mass is 16.2. The SMILES string of the molecule is CCC(C)(C)C1CCC(NC(=O)[C@H]2CCCNC2)CC1. The number of hydrogen-bond donors (Lipinski definition) is 2. The Balaban J connectivity index is 1.75. The summed E-state index contributed by atoms with van der Waals surface area (Å²) >= 11 is 0. The molecule has 0 radical (unpaired) electrons. The van der Waals surface area contributed by atoms with Gasteiger partial charge in [-0.1, -0.05) is 27.2 Å². The van der Waals surface area contributed by atoms with Gasteiger partial charge in [0.1, 0.15) is 0 Å². The molecule has 2 fully saturated rings. The second-order valence-corrected chi connectivity index (χ2v) is 7.44. The monoisotopic (exact) mass is 280 g/mol. The van der Waals surface area contributed by atoms with Gasteiger partial charge in [-0.2, -0.15) is 0 Å². The summed E-state index contributed by atoms with van der Waals surface area (Å²) in [5.74, 6) is 1.32. The summed E-state index contributed by atoms with van der Waals surface area (Å²) in [4.78, 5) is 12.2. The molecular formula is C17H32N2O. The fraction of sp³-hybridized carbons (Fsp3) is 0.941. The van der Waals surface area contributed by atoms with Crippen LogP contribution in [-0.4, -0.2) is 25.0 Å². The highest BCUT2D eigenvalue weighted by Gasteiger charge is 2.33. The third-order valence-electron chi connectivity index (χ3n) is 5.76. The molecule has 116 valence electrons. The highest BCUT2D eigenvalue weighted by Crippen LogP contribution is 2.40. The summed E-state index contributed by atoms with van der Waals surface area (Å²) in [5.41, 5.74) is 0.461. The third-order valence-corrected chi connectivity index (χ3v) is 5.76. The molecule has 0 bridgehead atoms. The molecular weight excluding hydrogens is 248 g/mol. The van der Waals surface area contributed by atoms with Crippen molar-refractivity contribution >= 4 is 5.91 Å². The molecule has 0 unspecified atom stereocenters. The second-order valence-electron chi connectivity index (χ2n) is 7.44. The summed E-state index contributed by atoms with van der Waals surface area (Å²) in [7, 11) is 0. The minimum absolute atomic E-state index is 0.202. The van der Waals surface area contributed by atoms with Gasteiger partial charge in [0, 0.05) is 12.6 Å². The number of hydrogen-bond acceptors (Lipinski definition) is 2. The van der Waals surface area contributed by atoms with Gasteiger partial charge in [-0.05, 0) is 56.4 Å². The topological polar surface area (TPSA) is 41.1 Å². The fourth-order valence-electron chi connectivity index (χ4n) is 3.70. The molecule has 1 aliphatic heterocycles. The van der Waals surface area contributed by atoms with Crippen LogP contribution in [0.4, 0.5) is 0 Å². The van der Waals surface area contributed by atoms with Gasteiger partial charge in [0.15, 0.2) is 0 Å². The van der Waals surface area contributed by atoms with Crippen LogP contribution in [0, 0.1) is 17.3 Å².